The number of piperazine rings is 1. The van der Waals surface area contributed by atoms with Crippen molar-refractivity contribution in [1.29, 1.82) is 0 Å². The predicted molar refractivity (Wildman–Crippen MR) is 87.8 cm³/mol. The lowest BCUT2D eigenvalue weighted by molar-refractivity contribution is 0.194. The van der Waals surface area contributed by atoms with Gasteiger partial charge in [-0.2, -0.15) is 0 Å². The summed E-state index contributed by atoms with van der Waals surface area (Å²) in [7, 11) is 0. The van der Waals surface area contributed by atoms with Crippen LogP contribution < -0.4 is 4.90 Å². The maximum atomic E-state index is 13.9. The molecule has 0 radical (unpaired) electrons. The first-order chi connectivity index (χ1) is 11.0. The number of nitrogens with zero attached hydrogens (tertiary/aromatic N) is 3. The van der Waals surface area contributed by atoms with E-state index in [4.69, 9.17) is 11.6 Å². The molecule has 3 rings (SSSR count). The van der Waals surface area contributed by atoms with Gasteiger partial charge in [0.1, 0.15) is 17.5 Å². The molecule has 3 nitrogen and oxygen atoms in total. The number of aromatic nitrogens is 1. The lowest BCUT2D eigenvalue weighted by atomic mass is 10.1. The Morgan fingerprint density at radius 1 is 1.09 bits per heavy atom. The number of anilines is 1. The molecular weight excluding hydrogens is 320 g/mol. The molecule has 23 heavy (non-hydrogen) atoms. The third-order valence-electron chi connectivity index (χ3n) is 4.31. The van der Waals surface area contributed by atoms with Crippen molar-refractivity contribution < 1.29 is 8.78 Å². The molecule has 1 aliphatic heterocycles. The number of halogens is 3. The van der Waals surface area contributed by atoms with Crippen LogP contribution in [0.15, 0.2) is 36.5 Å². The van der Waals surface area contributed by atoms with Gasteiger partial charge in [-0.3, -0.25) is 4.90 Å². The van der Waals surface area contributed by atoms with Crippen molar-refractivity contribution in [3.05, 3.63) is 58.7 Å². The normalized spacial score (nSPS) is 17.3. The summed E-state index contributed by atoms with van der Waals surface area (Å²) in [5.41, 5.74) is 0.406. The lowest BCUT2D eigenvalue weighted by Gasteiger charge is -2.38. The van der Waals surface area contributed by atoms with Gasteiger partial charge >= 0.3 is 0 Å². The fourth-order valence-electron chi connectivity index (χ4n) is 2.92. The number of hydrogen-bond donors (Lipinski definition) is 0. The Balaban J connectivity index is 1.66. The largest absolute Gasteiger partial charge is 0.354 e. The Labute approximate surface area is 139 Å². The zero-order chi connectivity index (χ0) is 16.4. The second kappa shape index (κ2) is 6.81. The highest BCUT2D eigenvalue weighted by atomic mass is 35.5. The first kappa shape index (κ1) is 16.1. The maximum Gasteiger partial charge on any atom is 0.128 e. The van der Waals surface area contributed by atoms with E-state index in [2.05, 4.69) is 14.8 Å². The summed E-state index contributed by atoms with van der Waals surface area (Å²) in [6, 6.07) is 7.18. The van der Waals surface area contributed by atoms with Gasteiger partial charge in [0.25, 0.3) is 0 Å². The number of pyridine rings is 1. The van der Waals surface area contributed by atoms with Crippen LogP contribution in [-0.2, 0) is 0 Å². The molecule has 0 aliphatic carbocycles. The van der Waals surface area contributed by atoms with Crippen molar-refractivity contribution in [2.24, 2.45) is 0 Å². The molecule has 1 aromatic heterocycles. The van der Waals surface area contributed by atoms with Crippen LogP contribution >= 0.6 is 11.6 Å². The summed E-state index contributed by atoms with van der Waals surface area (Å²) in [4.78, 5) is 8.65. The first-order valence-corrected chi connectivity index (χ1v) is 7.98. The molecular formula is C17H18ClF2N3. The van der Waals surface area contributed by atoms with Gasteiger partial charge in [-0.15, -0.1) is 0 Å². The number of benzene rings is 1. The van der Waals surface area contributed by atoms with E-state index in [1.807, 2.05) is 19.1 Å². The Bertz CT molecular complexity index is 670. The van der Waals surface area contributed by atoms with E-state index in [1.54, 1.807) is 6.20 Å². The molecule has 2 heterocycles. The van der Waals surface area contributed by atoms with Crippen molar-refractivity contribution in [2.45, 2.75) is 13.0 Å². The molecule has 1 aliphatic rings. The molecule has 1 unspecified atom stereocenters. The molecule has 1 atom stereocenters. The second-order valence-corrected chi connectivity index (χ2v) is 6.14. The van der Waals surface area contributed by atoms with E-state index in [9.17, 15) is 8.78 Å². The zero-order valence-electron chi connectivity index (χ0n) is 12.8. The summed E-state index contributed by atoms with van der Waals surface area (Å²) < 4.78 is 27.3. The van der Waals surface area contributed by atoms with Gasteiger partial charge in [0.2, 0.25) is 0 Å². The molecule has 0 spiro atoms. The molecule has 0 amide bonds. The standard InChI is InChI=1S/C17H18ClF2N3/c1-12(15-10-14(19)3-4-16(15)20)22-6-8-23(9-7-22)17-5-2-13(18)11-21-17/h2-5,10-12H,6-9H2,1H3. The van der Waals surface area contributed by atoms with Gasteiger partial charge in [-0.05, 0) is 37.3 Å². The van der Waals surface area contributed by atoms with Crippen LogP contribution in [-0.4, -0.2) is 36.1 Å². The number of rotatable bonds is 3. The molecule has 0 saturated carbocycles. The second-order valence-electron chi connectivity index (χ2n) is 5.70. The van der Waals surface area contributed by atoms with Crippen LogP contribution in [0.4, 0.5) is 14.6 Å². The minimum atomic E-state index is -0.405. The van der Waals surface area contributed by atoms with E-state index in [0.717, 1.165) is 38.1 Å². The van der Waals surface area contributed by atoms with Crippen molar-refractivity contribution >= 4 is 17.4 Å². The fourth-order valence-corrected chi connectivity index (χ4v) is 3.04. The highest BCUT2D eigenvalue weighted by Crippen LogP contribution is 2.26. The van der Waals surface area contributed by atoms with Gasteiger partial charge in [0.15, 0.2) is 0 Å². The summed E-state index contributed by atoms with van der Waals surface area (Å²) in [5, 5.41) is 0.614. The van der Waals surface area contributed by atoms with Crippen LogP contribution in [0.25, 0.3) is 0 Å². The molecule has 122 valence electrons. The van der Waals surface area contributed by atoms with Crippen LogP contribution in [0.5, 0.6) is 0 Å². The molecule has 6 heteroatoms. The van der Waals surface area contributed by atoms with E-state index in [-0.39, 0.29) is 11.9 Å². The average molecular weight is 338 g/mol. The van der Waals surface area contributed by atoms with E-state index in [0.29, 0.717) is 10.6 Å². The third kappa shape index (κ3) is 3.62. The van der Waals surface area contributed by atoms with Crippen LogP contribution in [0.1, 0.15) is 18.5 Å². The SMILES string of the molecule is CC(c1cc(F)ccc1F)N1CCN(c2ccc(Cl)cn2)CC1. The molecule has 1 saturated heterocycles. The molecule has 1 aromatic carbocycles. The third-order valence-corrected chi connectivity index (χ3v) is 4.53. The topological polar surface area (TPSA) is 19.4 Å². The Morgan fingerprint density at radius 2 is 1.83 bits per heavy atom. The molecule has 0 bridgehead atoms. The van der Waals surface area contributed by atoms with Gasteiger partial charge in [-0.25, -0.2) is 13.8 Å². The van der Waals surface area contributed by atoms with Crippen LogP contribution in [0, 0.1) is 11.6 Å². The summed E-state index contributed by atoms with van der Waals surface area (Å²) in [6.07, 6.45) is 1.63. The van der Waals surface area contributed by atoms with Crippen molar-refractivity contribution in [2.75, 3.05) is 31.1 Å². The zero-order valence-corrected chi connectivity index (χ0v) is 13.6. The maximum absolute atomic E-state index is 13.9. The first-order valence-electron chi connectivity index (χ1n) is 7.60. The van der Waals surface area contributed by atoms with Crippen molar-refractivity contribution in [1.82, 2.24) is 9.88 Å². The Kier molecular flexibility index (Phi) is 4.78. The van der Waals surface area contributed by atoms with Crippen molar-refractivity contribution in [3.63, 3.8) is 0 Å². The summed E-state index contributed by atoms with van der Waals surface area (Å²) in [6.45, 7) is 5.02. The minimum Gasteiger partial charge on any atom is -0.354 e. The van der Waals surface area contributed by atoms with Crippen molar-refractivity contribution in [3.8, 4) is 0 Å². The van der Waals surface area contributed by atoms with Gasteiger partial charge in [-0.1, -0.05) is 11.6 Å². The minimum absolute atomic E-state index is 0.161. The Hall–Kier alpha value is -1.72. The molecule has 1 fully saturated rings. The van der Waals surface area contributed by atoms with E-state index >= 15 is 0 Å². The quantitative estimate of drug-likeness (QED) is 0.847. The fraction of sp³-hybridized carbons (Fsp3) is 0.353. The van der Waals surface area contributed by atoms with Gasteiger partial charge in [0.05, 0.1) is 5.02 Å². The lowest BCUT2D eigenvalue weighted by Crippen LogP contribution is -2.47. The van der Waals surface area contributed by atoms with E-state index < -0.39 is 5.82 Å². The smallest absolute Gasteiger partial charge is 0.128 e. The Morgan fingerprint density at radius 3 is 2.48 bits per heavy atom. The average Bonchev–Trinajstić information content (AvgIpc) is 2.57. The van der Waals surface area contributed by atoms with E-state index in [1.165, 1.54) is 12.1 Å². The molecule has 0 N–H and O–H groups in total. The van der Waals surface area contributed by atoms with Gasteiger partial charge in [0, 0.05) is 44.0 Å². The van der Waals surface area contributed by atoms with Crippen LogP contribution in [0.3, 0.4) is 0 Å². The predicted octanol–water partition coefficient (Wildman–Crippen LogP) is 3.90. The summed E-state index contributed by atoms with van der Waals surface area (Å²) >= 11 is 5.86. The van der Waals surface area contributed by atoms with Crippen LogP contribution in [0.2, 0.25) is 5.02 Å². The highest BCUT2D eigenvalue weighted by Gasteiger charge is 2.24. The number of hydrogen-bond acceptors (Lipinski definition) is 3. The summed E-state index contributed by atoms with van der Waals surface area (Å²) in [5.74, 6) is 0.122. The highest BCUT2D eigenvalue weighted by molar-refractivity contribution is 6.30. The van der Waals surface area contributed by atoms with Gasteiger partial charge < -0.3 is 4.90 Å². The monoisotopic (exact) mass is 337 g/mol. The molecule has 2 aromatic rings.